The zero-order valence-electron chi connectivity index (χ0n) is 10.5. The van der Waals surface area contributed by atoms with Gasteiger partial charge >= 0.3 is 0 Å². The first kappa shape index (κ1) is 12.2. The second kappa shape index (κ2) is 5.35. The zero-order chi connectivity index (χ0) is 13.0. The quantitative estimate of drug-likeness (QED) is 0.723. The van der Waals surface area contributed by atoms with E-state index in [1.54, 1.807) is 13.2 Å². The smallest absolute Gasteiger partial charge is 0.223 e. The second-order valence-electron chi connectivity index (χ2n) is 4.02. The number of hydrogen-bond acceptors (Lipinski definition) is 6. The summed E-state index contributed by atoms with van der Waals surface area (Å²) in [7, 11) is 1.79. The van der Waals surface area contributed by atoms with Crippen LogP contribution in [-0.4, -0.2) is 32.8 Å². The summed E-state index contributed by atoms with van der Waals surface area (Å²) < 4.78 is 1.86. The Labute approximate surface area is 105 Å². The highest BCUT2D eigenvalue weighted by atomic mass is 15.3. The van der Waals surface area contributed by atoms with Gasteiger partial charge in [-0.05, 0) is 13.0 Å². The lowest BCUT2D eigenvalue weighted by Crippen LogP contribution is -2.23. The molecule has 7 nitrogen and oxygen atoms in total. The molecule has 0 bridgehead atoms. The Morgan fingerprint density at radius 1 is 1.39 bits per heavy atom. The molecule has 0 aliphatic carbocycles. The van der Waals surface area contributed by atoms with Gasteiger partial charge in [0.05, 0.1) is 6.54 Å². The Morgan fingerprint density at radius 3 is 2.83 bits per heavy atom. The van der Waals surface area contributed by atoms with E-state index in [9.17, 15) is 0 Å². The van der Waals surface area contributed by atoms with E-state index in [0.29, 0.717) is 11.6 Å². The minimum absolute atomic E-state index is 0.184. The molecule has 0 fully saturated rings. The normalized spacial score (nSPS) is 12.1. The number of hydrogen-bond donors (Lipinski definition) is 3. The van der Waals surface area contributed by atoms with Crippen LogP contribution in [0.2, 0.25) is 0 Å². The van der Waals surface area contributed by atoms with Crippen LogP contribution in [0, 0.1) is 0 Å². The van der Waals surface area contributed by atoms with Gasteiger partial charge in [0.1, 0.15) is 11.6 Å². The van der Waals surface area contributed by atoms with Gasteiger partial charge in [0.25, 0.3) is 0 Å². The van der Waals surface area contributed by atoms with Gasteiger partial charge in [-0.15, -0.1) is 0 Å². The van der Waals surface area contributed by atoms with Crippen LogP contribution in [0.1, 0.15) is 6.92 Å². The molecule has 7 heteroatoms. The van der Waals surface area contributed by atoms with Crippen LogP contribution < -0.4 is 16.4 Å². The van der Waals surface area contributed by atoms with Crippen LogP contribution in [-0.2, 0) is 6.54 Å². The van der Waals surface area contributed by atoms with Crippen molar-refractivity contribution in [1.82, 2.24) is 19.7 Å². The molecule has 0 aliphatic heterocycles. The molecule has 2 aromatic heterocycles. The molecule has 2 rings (SSSR count). The number of anilines is 3. The summed E-state index contributed by atoms with van der Waals surface area (Å²) in [5.41, 5.74) is 5.63. The van der Waals surface area contributed by atoms with Gasteiger partial charge < -0.3 is 16.4 Å². The fourth-order valence-electron chi connectivity index (χ4n) is 1.66. The number of aromatic nitrogens is 4. The number of nitrogen functional groups attached to an aromatic ring is 1. The van der Waals surface area contributed by atoms with Gasteiger partial charge in [-0.25, -0.2) is 0 Å². The third-order valence-electron chi connectivity index (χ3n) is 2.41. The van der Waals surface area contributed by atoms with Gasteiger partial charge in [0.15, 0.2) is 0 Å². The van der Waals surface area contributed by atoms with E-state index in [2.05, 4.69) is 32.6 Å². The first-order valence-electron chi connectivity index (χ1n) is 5.73. The topological polar surface area (TPSA) is 93.7 Å². The predicted molar refractivity (Wildman–Crippen MR) is 71.3 cm³/mol. The zero-order valence-corrected chi connectivity index (χ0v) is 10.5. The molecule has 2 aromatic rings. The maximum atomic E-state index is 5.63. The molecule has 0 saturated carbocycles. The van der Waals surface area contributed by atoms with E-state index in [-0.39, 0.29) is 12.0 Å². The summed E-state index contributed by atoms with van der Waals surface area (Å²) in [6.07, 6.45) is 3.68. The Balaban J connectivity index is 2.02. The van der Waals surface area contributed by atoms with Gasteiger partial charge in [0, 0.05) is 31.5 Å². The maximum Gasteiger partial charge on any atom is 0.223 e. The van der Waals surface area contributed by atoms with Crippen molar-refractivity contribution in [2.24, 2.45) is 0 Å². The average Bonchev–Trinajstić information content (AvgIpc) is 2.80. The van der Waals surface area contributed by atoms with Crippen LogP contribution in [0.3, 0.4) is 0 Å². The summed E-state index contributed by atoms with van der Waals surface area (Å²) in [6, 6.07) is 3.90. The van der Waals surface area contributed by atoms with Crippen LogP contribution >= 0.6 is 0 Å². The average molecular weight is 247 g/mol. The molecular weight excluding hydrogens is 230 g/mol. The van der Waals surface area contributed by atoms with Crippen LogP contribution in [0.5, 0.6) is 0 Å². The molecule has 18 heavy (non-hydrogen) atoms. The Hall–Kier alpha value is -2.31. The number of nitrogens with one attached hydrogen (secondary N) is 2. The highest BCUT2D eigenvalue weighted by molar-refractivity contribution is 5.50. The SMILES string of the molecule is CNc1cc(NC(C)Cn2cccn2)nc(N)n1. The first-order valence-corrected chi connectivity index (χ1v) is 5.73. The maximum absolute atomic E-state index is 5.63. The van der Waals surface area contributed by atoms with Crippen molar-refractivity contribution in [3.8, 4) is 0 Å². The van der Waals surface area contributed by atoms with Crippen molar-refractivity contribution in [3.05, 3.63) is 24.5 Å². The summed E-state index contributed by atoms with van der Waals surface area (Å²) in [4.78, 5) is 8.17. The predicted octanol–water partition coefficient (Wildman–Crippen LogP) is 0.798. The van der Waals surface area contributed by atoms with Crippen molar-refractivity contribution in [2.45, 2.75) is 19.5 Å². The lowest BCUT2D eigenvalue weighted by atomic mass is 10.3. The molecule has 0 aliphatic rings. The largest absolute Gasteiger partial charge is 0.373 e. The fraction of sp³-hybridized carbons (Fsp3) is 0.364. The van der Waals surface area contributed by atoms with Gasteiger partial charge in [-0.2, -0.15) is 15.1 Å². The van der Waals surface area contributed by atoms with E-state index in [1.807, 2.05) is 23.0 Å². The number of nitrogens with two attached hydrogens (primary N) is 1. The van der Waals surface area contributed by atoms with Crippen molar-refractivity contribution in [3.63, 3.8) is 0 Å². The first-order chi connectivity index (χ1) is 8.67. The fourth-order valence-corrected chi connectivity index (χ4v) is 1.66. The Bertz CT molecular complexity index is 494. The van der Waals surface area contributed by atoms with Crippen molar-refractivity contribution in [1.29, 1.82) is 0 Å². The minimum Gasteiger partial charge on any atom is -0.373 e. The van der Waals surface area contributed by atoms with Gasteiger partial charge in [-0.3, -0.25) is 4.68 Å². The minimum atomic E-state index is 0.184. The molecule has 0 aromatic carbocycles. The molecule has 1 atom stereocenters. The van der Waals surface area contributed by atoms with E-state index < -0.39 is 0 Å². The Morgan fingerprint density at radius 2 is 2.17 bits per heavy atom. The van der Waals surface area contributed by atoms with Crippen molar-refractivity contribution < 1.29 is 0 Å². The van der Waals surface area contributed by atoms with Crippen molar-refractivity contribution >= 4 is 17.6 Å². The molecule has 96 valence electrons. The van der Waals surface area contributed by atoms with Crippen LogP contribution in [0.25, 0.3) is 0 Å². The molecule has 0 amide bonds. The van der Waals surface area contributed by atoms with Gasteiger partial charge in [0.2, 0.25) is 5.95 Å². The lowest BCUT2D eigenvalue weighted by molar-refractivity contribution is 0.560. The molecule has 2 heterocycles. The van der Waals surface area contributed by atoms with E-state index >= 15 is 0 Å². The summed E-state index contributed by atoms with van der Waals surface area (Å²) in [5, 5.41) is 10.4. The molecule has 1 unspecified atom stereocenters. The van der Waals surface area contributed by atoms with E-state index in [0.717, 1.165) is 6.54 Å². The molecule has 0 spiro atoms. The second-order valence-corrected chi connectivity index (χ2v) is 4.02. The van der Waals surface area contributed by atoms with Crippen molar-refractivity contribution in [2.75, 3.05) is 23.4 Å². The van der Waals surface area contributed by atoms with Crippen LogP contribution in [0.15, 0.2) is 24.5 Å². The van der Waals surface area contributed by atoms with E-state index in [4.69, 9.17) is 5.73 Å². The Kier molecular flexibility index (Phi) is 3.61. The summed E-state index contributed by atoms with van der Waals surface area (Å²) >= 11 is 0. The number of rotatable bonds is 5. The van der Waals surface area contributed by atoms with Gasteiger partial charge in [-0.1, -0.05) is 0 Å². The van der Waals surface area contributed by atoms with Crippen LogP contribution in [0.4, 0.5) is 17.6 Å². The third kappa shape index (κ3) is 3.09. The highest BCUT2D eigenvalue weighted by Crippen LogP contribution is 2.13. The standard InChI is InChI=1S/C11H17N7/c1-8(7-18-5-3-4-14-18)15-10-6-9(13-2)16-11(12)17-10/h3-6,8H,7H2,1-2H3,(H4,12,13,15,16,17). The number of nitrogens with zero attached hydrogens (tertiary/aromatic N) is 4. The summed E-state index contributed by atoms with van der Waals surface area (Å²) in [5.74, 6) is 1.64. The molecule has 0 radical (unpaired) electrons. The molecule has 0 saturated heterocycles. The third-order valence-corrected chi connectivity index (χ3v) is 2.41. The monoisotopic (exact) mass is 247 g/mol. The lowest BCUT2D eigenvalue weighted by Gasteiger charge is -2.15. The van der Waals surface area contributed by atoms with E-state index in [1.165, 1.54) is 0 Å². The molecular formula is C11H17N7. The summed E-state index contributed by atoms with van der Waals surface area (Å²) in [6.45, 7) is 2.81. The highest BCUT2D eigenvalue weighted by Gasteiger charge is 2.06. The molecule has 4 N–H and O–H groups in total.